The third-order valence-electron chi connectivity index (χ3n) is 2.30. The average molecular weight is 234 g/mol. The van der Waals surface area contributed by atoms with Crippen LogP contribution in [0, 0.1) is 5.41 Å². The molecule has 4 N–H and O–H groups in total. The van der Waals surface area contributed by atoms with Gasteiger partial charge in [-0.3, -0.25) is 10.4 Å². The van der Waals surface area contributed by atoms with Gasteiger partial charge in [0.05, 0.1) is 0 Å². The summed E-state index contributed by atoms with van der Waals surface area (Å²) in [7, 11) is 0. The molecule has 0 radical (unpaired) electrons. The Morgan fingerprint density at radius 2 is 1.88 bits per heavy atom. The molecule has 0 unspecified atom stereocenters. The molecular weight excluding hydrogens is 212 g/mol. The first-order valence-corrected chi connectivity index (χ1v) is 5.84. The number of nitrogens with two attached hydrogens (primary N) is 1. The molecule has 0 atom stereocenters. The summed E-state index contributed by atoms with van der Waals surface area (Å²) in [6, 6.07) is 9.84. The van der Waals surface area contributed by atoms with E-state index in [1.165, 1.54) is 0 Å². The number of anilines is 1. The second-order valence-electron chi connectivity index (χ2n) is 5.18. The number of rotatable bonds is 3. The maximum atomic E-state index is 5.43. The number of aliphatic imine (C=N–C) groups is 1. The molecule has 1 aromatic carbocycles. The number of hydrogen-bond donors (Lipinski definition) is 3. The number of benzene rings is 1. The van der Waals surface area contributed by atoms with E-state index in [0.29, 0.717) is 5.96 Å². The first-order chi connectivity index (χ1) is 8.01. The summed E-state index contributed by atoms with van der Waals surface area (Å²) in [6.45, 7) is 7.34. The molecular formula is C13H22N4. The van der Waals surface area contributed by atoms with Gasteiger partial charge < -0.3 is 5.32 Å². The molecule has 1 aromatic rings. The smallest absolute Gasteiger partial charge is 0.210 e. The minimum absolute atomic E-state index is 0.288. The van der Waals surface area contributed by atoms with Gasteiger partial charge in [0, 0.05) is 12.2 Å². The Labute approximate surface area is 103 Å². The van der Waals surface area contributed by atoms with Gasteiger partial charge in [-0.25, -0.2) is 5.84 Å². The molecule has 0 spiro atoms. The Kier molecular flexibility index (Phi) is 4.97. The summed E-state index contributed by atoms with van der Waals surface area (Å²) in [4.78, 5) is 4.39. The van der Waals surface area contributed by atoms with Crippen molar-refractivity contribution in [1.82, 2.24) is 5.43 Å². The predicted octanol–water partition coefficient (Wildman–Crippen LogP) is 2.35. The number of para-hydroxylation sites is 1. The first kappa shape index (κ1) is 13.5. The van der Waals surface area contributed by atoms with Crippen molar-refractivity contribution in [3.8, 4) is 0 Å². The molecule has 0 bridgehead atoms. The van der Waals surface area contributed by atoms with Crippen LogP contribution in [0.3, 0.4) is 0 Å². The van der Waals surface area contributed by atoms with Crippen molar-refractivity contribution in [3.05, 3.63) is 30.3 Å². The molecule has 17 heavy (non-hydrogen) atoms. The van der Waals surface area contributed by atoms with Crippen LogP contribution in [-0.4, -0.2) is 12.5 Å². The molecule has 4 nitrogen and oxygen atoms in total. The van der Waals surface area contributed by atoms with Crippen LogP contribution in [0.5, 0.6) is 0 Å². The Balaban J connectivity index is 2.51. The molecule has 0 heterocycles. The van der Waals surface area contributed by atoms with Gasteiger partial charge in [-0.1, -0.05) is 39.0 Å². The Morgan fingerprint density at radius 3 is 2.41 bits per heavy atom. The van der Waals surface area contributed by atoms with Crippen molar-refractivity contribution in [2.75, 3.05) is 11.9 Å². The minimum Gasteiger partial charge on any atom is -0.325 e. The second kappa shape index (κ2) is 6.25. The highest BCUT2D eigenvalue weighted by molar-refractivity contribution is 5.93. The molecule has 0 saturated heterocycles. The van der Waals surface area contributed by atoms with Gasteiger partial charge in [-0.05, 0) is 24.0 Å². The SMILES string of the molecule is CC(C)(C)CCN=C(NN)Nc1ccccc1. The van der Waals surface area contributed by atoms with Crippen LogP contribution in [0.1, 0.15) is 27.2 Å². The van der Waals surface area contributed by atoms with Crippen LogP contribution >= 0.6 is 0 Å². The molecule has 4 heteroatoms. The lowest BCUT2D eigenvalue weighted by molar-refractivity contribution is 0.385. The number of hydrogen-bond acceptors (Lipinski definition) is 2. The fourth-order valence-corrected chi connectivity index (χ4v) is 1.28. The highest BCUT2D eigenvalue weighted by atomic mass is 15.3. The number of nitrogens with zero attached hydrogens (tertiary/aromatic N) is 1. The van der Waals surface area contributed by atoms with E-state index in [4.69, 9.17) is 5.84 Å². The van der Waals surface area contributed by atoms with Gasteiger partial charge in [-0.2, -0.15) is 0 Å². The van der Waals surface area contributed by atoms with Gasteiger partial charge in [0.25, 0.3) is 0 Å². The molecule has 0 aliphatic carbocycles. The summed E-state index contributed by atoms with van der Waals surface area (Å²) in [5.74, 6) is 6.02. The van der Waals surface area contributed by atoms with E-state index in [1.807, 2.05) is 30.3 Å². The van der Waals surface area contributed by atoms with Crippen molar-refractivity contribution >= 4 is 11.6 Å². The van der Waals surface area contributed by atoms with E-state index >= 15 is 0 Å². The zero-order chi connectivity index (χ0) is 12.7. The topological polar surface area (TPSA) is 62.4 Å². The quantitative estimate of drug-likeness (QED) is 0.325. The van der Waals surface area contributed by atoms with Gasteiger partial charge in [0.15, 0.2) is 0 Å². The summed E-state index contributed by atoms with van der Waals surface area (Å²) in [5.41, 5.74) is 3.84. The fraction of sp³-hybridized carbons (Fsp3) is 0.462. The maximum absolute atomic E-state index is 5.43. The Bertz CT molecular complexity index is 351. The van der Waals surface area contributed by atoms with E-state index in [0.717, 1.165) is 18.7 Å². The highest BCUT2D eigenvalue weighted by Gasteiger charge is 2.08. The fourth-order valence-electron chi connectivity index (χ4n) is 1.28. The molecule has 0 aliphatic rings. The van der Waals surface area contributed by atoms with E-state index in [1.54, 1.807) is 0 Å². The maximum Gasteiger partial charge on any atom is 0.210 e. The monoisotopic (exact) mass is 234 g/mol. The van der Waals surface area contributed by atoms with E-state index < -0.39 is 0 Å². The third kappa shape index (κ3) is 5.92. The lowest BCUT2D eigenvalue weighted by atomic mass is 9.93. The molecule has 0 aliphatic heterocycles. The van der Waals surface area contributed by atoms with Crippen LogP contribution < -0.4 is 16.6 Å². The third-order valence-corrected chi connectivity index (χ3v) is 2.30. The van der Waals surface area contributed by atoms with Gasteiger partial charge >= 0.3 is 0 Å². The van der Waals surface area contributed by atoms with Crippen molar-refractivity contribution in [1.29, 1.82) is 0 Å². The standard InChI is InChI=1S/C13H22N4/c1-13(2,3)9-10-15-12(17-14)16-11-7-5-4-6-8-11/h4-8H,9-10,14H2,1-3H3,(H2,15,16,17). The van der Waals surface area contributed by atoms with Crippen molar-refractivity contribution in [2.24, 2.45) is 16.3 Å². The lowest BCUT2D eigenvalue weighted by Crippen LogP contribution is -2.36. The van der Waals surface area contributed by atoms with Crippen LogP contribution in [-0.2, 0) is 0 Å². The Hall–Kier alpha value is -1.55. The summed E-state index contributed by atoms with van der Waals surface area (Å²) in [5, 5.41) is 3.13. The lowest BCUT2D eigenvalue weighted by Gasteiger charge is -2.16. The highest BCUT2D eigenvalue weighted by Crippen LogP contribution is 2.17. The van der Waals surface area contributed by atoms with Gasteiger partial charge in [0.2, 0.25) is 5.96 Å². The number of nitrogens with one attached hydrogen (secondary N) is 2. The van der Waals surface area contributed by atoms with Crippen LogP contribution in [0.2, 0.25) is 0 Å². The summed E-state index contributed by atoms with van der Waals surface area (Å²) in [6.07, 6.45) is 1.02. The van der Waals surface area contributed by atoms with E-state index in [2.05, 4.69) is 36.5 Å². The number of guanidine groups is 1. The van der Waals surface area contributed by atoms with E-state index in [9.17, 15) is 0 Å². The second-order valence-corrected chi connectivity index (χ2v) is 5.18. The first-order valence-electron chi connectivity index (χ1n) is 5.84. The van der Waals surface area contributed by atoms with Crippen molar-refractivity contribution in [2.45, 2.75) is 27.2 Å². The van der Waals surface area contributed by atoms with E-state index in [-0.39, 0.29) is 5.41 Å². The van der Waals surface area contributed by atoms with Crippen LogP contribution in [0.4, 0.5) is 5.69 Å². The van der Waals surface area contributed by atoms with Crippen LogP contribution in [0.25, 0.3) is 0 Å². The molecule has 0 amide bonds. The predicted molar refractivity (Wildman–Crippen MR) is 73.8 cm³/mol. The molecule has 94 valence electrons. The zero-order valence-electron chi connectivity index (χ0n) is 10.8. The van der Waals surface area contributed by atoms with Crippen molar-refractivity contribution in [3.63, 3.8) is 0 Å². The molecule has 0 aromatic heterocycles. The van der Waals surface area contributed by atoms with Crippen molar-refractivity contribution < 1.29 is 0 Å². The number of hydrazine groups is 1. The molecule has 0 saturated carbocycles. The molecule has 0 fully saturated rings. The minimum atomic E-state index is 0.288. The van der Waals surface area contributed by atoms with Gasteiger partial charge in [-0.15, -0.1) is 0 Å². The molecule has 1 rings (SSSR count). The van der Waals surface area contributed by atoms with Crippen LogP contribution in [0.15, 0.2) is 35.3 Å². The normalized spacial score (nSPS) is 12.4. The summed E-state index contributed by atoms with van der Waals surface area (Å²) < 4.78 is 0. The average Bonchev–Trinajstić information content (AvgIpc) is 2.27. The summed E-state index contributed by atoms with van der Waals surface area (Å²) >= 11 is 0. The Morgan fingerprint density at radius 1 is 1.24 bits per heavy atom. The zero-order valence-corrected chi connectivity index (χ0v) is 10.8. The van der Waals surface area contributed by atoms with Gasteiger partial charge in [0.1, 0.15) is 0 Å². The largest absolute Gasteiger partial charge is 0.325 e.